The molecule has 14 nitrogen and oxygen atoms in total. The highest BCUT2D eigenvalue weighted by molar-refractivity contribution is 7.90. The number of fused-ring (bicyclic) bond motifs is 2. The van der Waals surface area contributed by atoms with Crippen LogP contribution in [0, 0.1) is 5.41 Å². The van der Waals surface area contributed by atoms with Crippen molar-refractivity contribution in [2.45, 2.75) is 101 Å². The fourth-order valence-corrected chi connectivity index (χ4v) is 12.3. The van der Waals surface area contributed by atoms with Crippen LogP contribution in [0.15, 0.2) is 84.0 Å². The number of nitrogens with zero attached hydrogens (tertiary/aromatic N) is 5. The Morgan fingerprint density at radius 3 is 2.53 bits per heavy atom. The van der Waals surface area contributed by atoms with Gasteiger partial charge in [-0.3, -0.25) is 14.6 Å². The number of aromatic nitrogens is 2. The topological polar surface area (TPSA) is 161 Å². The molecule has 0 radical (unpaired) electrons. The summed E-state index contributed by atoms with van der Waals surface area (Å²) >= 11 is 0. The van der Waals surface area contributed by atoms with E-state index < -0.39 is 21.5 Å². The maximum Gasteiger partial charge on any atom is 0.268 e. The molecule has 2 atom stereocenters. The number of aromatic amines is 1. The third kappa shape index (κ3) is 8.70. The molecule has 5 aromatic rings. The number of H-pyrrole nitrogens is 1. The minimum Gasteiger partial charge on any atom is -0.483 e. The highest BCUT2D eigenvalue weighted by atomic mass is 32.2. The zero-order chi connectivity index (χ0) is 46.0. The van der Waals surface area contributed by atoms with E-state index in [1.165, 1.54) is 55.5 Å². The van der Waals surface area contributed by atoms with Crippen molar-refractivity contribution in [3.63, 3.8) is 0 Å². The van der Waals surface area contributed by atoms with Crippen molar-refractivity contribution in [3.05, 3.63) is 95.8 Å². The lowest BCUT2D eigenvalue weighted by Crippen LogP contribution is -2.57. The number of sulfonamides is 1. The van der Waals surface area contributed by atoms with Crippen LogP contribution in [0.2, 0.25) is 0 Å². The maximum atomic E-state index is 14.2. The number of likely N-dealkylation sites (tertiary alicyclic amines) is 1. The Morgan fingerprint density at radius 1 is 0.985 bits per heavy atom. The molecule has 3 saturated heterocycles. The Kier molecular flexibility index (Phi) is 11.7. The molecule has 350 valence electrons. The fourth-order valence-electron chi connectivity index (χ4n) is 11.3. The van der Waals surface area contributed by atoms with Crippen LogP contribution < -0.4 is 30.1 Å². The van der Waals surface area contributed by atoms with Gasteiger partial charge in [-0.2, -0.15) is 0 Å². The molecule has 6 heterocycles. The number of piperidine rings is 1. The third-order valence-electron chi connectivity index (χ3n) is 15.3. The molecule has 0 bridgehead atoms. The minimum absolute atomic E-state index is 0.0720. The molecule has 5 aliphatic rings. The van der Waals surface area contributed by atoms with E-state index in [9.17, 15) is 13.2 Å². The number of piperazine rings is 1. The standard InChI is InChI=1S/C51H65N9O5S/c1-33(2)39-9-6-7-10-40(39)43-11-8-18-60(43)36-29-51(30-36)15-19-59(20-16-51)35-12-13-41(44(26-35)64-37-25-34-14-17-53-48(34)54-31-37)49(61)56-66(62,63)38-27-42(52)47-45(28-38)65-50(3,4)46(55-47)32-58-23-21-57(5)22-24-58/h6-7,9-10,12-14,17,25-28,31,33,36,43,46,55H,8,11,15-16,18-24,29-30,32,52H2,1-5H3,(H,53,54)(H,56,61)/t43-,46-/m0/s1. The number of nitrogen functional groups attached to an aromatic ring is 1. The van der Waals surface area contributed by atoms with E-state index in [2.05, 4.69) is 84.8 Å². The Morgan fingerprint density at radius 2 is 1.76 bits per heavy atom. The number of anilines is 3. The van der Waals surface area contributed by atoms with Gasteiger partial charge in [0.25, 0.3) is 15.9 Å². The van der Waals surface area contributed by atoms with Gasteiger partial charge in [-0.1, -0.05) is 38.1 Å². The van der Waals surface area contributed by atoms with Gasteiger partial charge in [0, 0.05) is 87.3 Å². The molecule has 0 unspecified atom stereocenters. The van der Waals surface area contributed by atoms with Crippen LogP contribution in [0.3, 0.4) is 0 Å². The Balaban J connectivity index is 0.845. The second kappa shape index (κ2) is 17.4. The van der Waals surface area contributed by atoms with Gasteiger partial charge < -0.3 is 35.3 Å². The van der Waals surface area contributed by atoms with Crippen molar-refractivity contribution in [3.8, 4) is 17.2 Å². The molecule has 1 amide bonds. The summed E-state index contributed by atoms with van der Waals surface area (Å²) in [5.41, 5.74) is 11.7. The quantitative estimate of drug-likeness (QED) is 0.0949. The molecule has 1 aliphatic carbocycles. The molecule has 1 spiro atoms. The largest absolute Gasteiger partial charge is 0.483 e. The number of nitrogens with one attached hydrogen (secondary N) is 3. The van der Waals surface area contributed by atoms with Crippen molar-refractivity contribution in [2.75, 3.05) is 75.4 Å². The van der Waals surface area contributed by atoms with Gasteiger partial charge in [-0.15, -0.1) is 0 Å². The van der Waals surface area contributed by atoms with Gasteiger partial charge in [0.1, 0.15) is 34.2 Å². The van der Waals surface area contributed by atoms with Gasteiger partial charge in [-0.25, -0.2) is 18.1 Å². The fraction of sp³-hybridized carbons (Fsp3) is 0.490. The summed E-state index contributed by atoms with van der Waals surface area (Å²) in [5, 5.41) is 4.40. The lowest BCUT2D eigenvalue weighted by atomic mass is 9.59. The van der Waals surface area contributed by atoms with Crippen molar-refractivity contribution < 1.29 is 22.7 Å². The predicted molar refractivity (Wildman–Crippen MR) is 260 cm³/mol. The van der Waals surface area contributed by atoms with E-state index >= 15 is 0 Å². The normalized spacial score (nSPS) is 22.5. The molecular weight excluding hydrogens is 851 g/mol. The predicted octanol–water partition coefficient (Wildman–Crippen LogP) is 7.96. The van der Waals surface area contributed by atoms with E-state index in [1.54, 1.807) is 18.5 Å². The van der Waals surface area contributed by atoms with Gasteiger partial charge in [0.05, 0.1) is 28.4 Å². The number of likely N-dealkylation sites (N-methyl/N-ethyl adjacent to an activating group) is 1. The summed E-state index contributed by atoms with van der Waals surface area (Å²) in [6.07, 6.45) is 10.5. The third-order valence-corrected chi connectivity index (χ3v) is 16.6. The van der Waals surface area contributed by atoms with E-state index in [0.717, 1.165) is 69.7 Å². The highest BCUT2D eigenvalue weighted by Gasteiger charge is 2.50. The molecule has 66 heavy (non-hydrogen) atoms. The summed E-state index contributed by atoms with van der Waals surface area (Å²) in [7, 11) is -2.29. The van der Waals surface area contributed by atoms with Crippen molar-refractivity contribution in [2.24, 2.45) is 5.41 Å². The number of hydrogen-bond donors (Lipinski definition) is 4. The number of carbonyl (C=O) groups excluding carboxylic acids is 1. The minimum atomic E-state index is -4.42. The highest BCUT2D eigenvalue weighted by Crippen LogP contribution is 2.54. The molecule has 1 saturated carbocycles. The summed E-state index contributed by atoms with van der Waals surface area (Å²) < 4.78 is 43.4. The lowest BCUT2D eigenvalue weighted by molar-refractivity contribution is -0.0227. The first kappa shape index (κ1) is 44.5. The molecule has 5 N–H and O–H groups in total. The Bertz CT molecular complexity index is 2710. The van der Waals surface area contributed by atoms with Crippen LogP contribution in [0.1, 0.15) is 99.7 Å². The van der Waals surface area contributed by atoms with Gasteiger partial charge in [0.15, 0.2) is 0 Å². The SMILES string of the molecule is CC(C)c1ccccc1[C@@H]1CCCN1C1CC2(CCN(c3ccc(C(=O)NS(=O)(=O)c4cc(N)c5c(c4)OC(C)(C)[C@H](CN4CCN(C)CC4)N5)c(Oc4cnc5[nH]ccc5c4)c3)CC2)C1. The second-order valence-electron chi connectivity index (χ2n) is 20.4. The van der Waals surface area contributed by atoms with E-state index in [4.69, 9.17) is 15.2 Å². The molecule has 3 aromatic carbocycles. The van der Waals surface area contributed by atoms with Crippen LogP contribution in [0.5, 0.6) is 17.2 Å². The monoisotopic (exact) mass is 915 g/mol. The molecule has 15 heteroatoms. The van der Waals surface area contributed by atoms with Crippen LogP contribution in [0.4, 0.5) is 17.1 Å². The van der Waals surface area contributed by atoms with Crippen LogP contribution in [-0.2, 0) is 10.0 Å². The van der Waals surface area contributed by atoms with Crippen LogP contribution >= 0.6 is 0 Å². The average Bonchev–Trinajstić information content (AvgIpc) is 3.96. The summed E-state index contributed by atoms with van der Waals surface area (Å²) in [5.74, 6) is 0.649. The number of pyridine rings is 1. The number of rotatable bonds is 11. The summed E-state index contributed by atoms with van der Waals surface area (Å²) in [6, 6.07) is 22.0. The molecular formula is C51H65N9O5S. The number of hydrogen-bond acceptors (Lipinski definition) is 12. The average molecular weight is 916 g/mol. The zero-order valence-electron chi connectivity index (χ0n) is 39.0. The van der Waals surface area contributed by atoms with Gasteiger partial charge >= 0.3 is 0 Å². The van der Waals surface area contributed by atoms with E-state index in [0.29, 0.717) is 46.3 Å². The lowest BCUT2D eigenvalue weighted by Gasteiger charge is -2.56. The maximum absolute atomic E-state index is 14.2. The first-order valence-electron chi connectivity index (χ1n) is 23.9. The Hall–Kier alpha value is -5.35. The smallest absolute Gasteiger partial charge is 0.268 e. The number of amides is 1. The molecule has 4 aliphatic heterocycles. The second-order valence-corrected chi connectivity index (χ2v) is 22.1. The number of ether oxygens (including phenoxy) is 2. The Labute approximate surface area is 389 Å². The summed E-state index contributed by atoms with van der Waals surface area (Å²) in [6.45, 7) is 16.2. The molecule has 4 fully saturated rings. The van der Waals surface area contributed by atoms with Crippen molar-refractivity contribution >= 4 is 44.0 Å². The zero-order valence-corrected chi connectivity index (χ0v) is 39.8. The van der Waals surface area contributed by atoms with Crippen LogP contribution in [-0.4, -0.2) is 116 Å². The van der Waals surface area contributed by atoms with Gasteiger partial charge in [-0.05, 0) is 119 Å². The molecule has 2 aromatic heterocycles. The number of benzene rings is 3. The van der Waals surface area contributed by atoms with Crippen molar-refractivity contribution in [1.29, 1.82) is 0 Å². The van der Waals surface area contributed by atoms with Gasteiger partial charge in [0.2, 0.25) is 0 Å². The van der Waals surface area contributed by atoms with E-state index in [-0.39, 0.29) is 27.9 Å². The number of carbonyl (C=O) groups is 1. The summed E-state index contributed by atoms with van der Waals surface area (Å²) in [4.78, 5) is 31.5. The number of nitrogens with two attached hydrogens (primary N) is 1. The van der Waals surface area contributed by atoms with Crippen molar-refractivity contribution in [1.82, 2.24) is 29.4 Å². The van der Waals surface area contributed by atoms with Crippen LogP contribution in [0.25, 0.3) is 11.0 Å². The first-order chi connectivity index (χ1) is 31.6. The van der Waals surface area contributed by atoms with E-state index in [1.807, 2.05) is 38.1 Å². The molecule has 10 rings (SSSR count). The first-order valence-corrected chi connectivity index (χ1v) is 25.3.